The summed E-state index contributed by atoms with van der Waals surface area (Å²) in [4.78, 5) is 6.41. The topological polar surface area (TPSA) is 47.1 Å². The zero-order valence-electron chi connectivity index (χ0n) is 9.98. The van der Waals surface area contributed by atoms with Gasteiger partial charge in [0.2, 0.25) is 0 Å². The van der Waals surface area contributed by atoms with E-state index in [1.165, 1.54) is 6.42 Å². The van der Waals surface area contributed by atoms with E-state index >= 15 is 0 Å². The standard InChI is InChI=1S/C11H22N4/c1-4-6-14(3)7-10(5-2)15-8-11(12)13-9-15/h8-10H,4-7,12H2,1-3H3. The van der Waals surface area contributed by atoms with E-state index in [0.717, 1.165) is 19.5 Å². The van der Waals surface area contributed by atoms with Gasteiger partial charge >= 0.3 is 0 Å². The molecule has 1 heterocycles. The van der Waals surface area contributed by atoms with Gasteiger partial charge in [0, 0.05) is 18.8 Å². The first-order valence-electron chi connectivity index (χ1n) is 5.64. The number of hydrogen-bond acceptors (Lipinski definition) is 3. The number of hydrogen-bond donors (Lipinski definition) is 1. The summed E-state index contributed by atoms with van der Waals surface area (Å²) in [6.45, 7) is 6.59. The first-order valence-corrected chi connectivity index (χ1v) is 5.64. The molecule has 1 atom stereocenters. The highest BCUT2D eigenvalue weighted by Gasteiger charge is 2.11. The van der Waals surface area contributed by atoms with Gasteiger partial charge in [0.1, 0.15) is 5.82 Å². The minimum Gasteiger partial charge on any atom is -0.382 e. The molecule has 0 saturated heterocycles. The second kappa shape index (κ2) is 5.75. The third kappa shape index (κ3) is 3.55. The molecule has 0 aromatic carbocycles. The van der Waals surface area contributed by atoms with Gasteiger partial charge in [-0.1, -0.05) is 13.8 Å². The lowest BCUT2D eigenvalue weighted by Gasteiger charge is -2.23. The van der Waals surface area contributed by atoms with E-state index in [9.17, 15) is 0 Å². The summed E-state index contributed by atoms with van der Waals surface area (Å²) in [5, 5.41) is 0. The van der Waals surface area contributed by atoms with E-state index in [-0.39, 0.29) is 0 Å². The van der Waals surface area contributed by atoms with Gasteiger partial charge in [-0.15, -0.1) is 0 Å². The molecule has 15 heavy (non-hydrogen) atoms. The fraction of sp³-hybridized carbons (Fsp3) is 0.727. The summed E-state index contributed by atoms with van der Waals surface area (Å²) in [5.74, 6) is 0.603. The number of nitrogen functional groups attached to an aromatic ring is 1. The van der Waals surface area contributed by atoms with Crippen LogP contribution in [0, 0.1) is 0 Å². The molecule has 1 aromatic rings. The number of imidazole rings is 1. The SMILES string of the molecule is CCCN(C)CC(CC)n1cnc(N)c1. The van der Waals surface area contributed by atoms with Crippen LogP contribution in [-0.2, 0) is 0 Å². The Kier molecular flexibility index (Phi) is 4.62. The first kappa shape index (κ1) is 12.0. The van der Waals surface area contributed by atoms with Crippen LogP contribution >= 0.6 is 0 Å². The lowest BCUT2D eigenvalue weighted by atomic mass is 10.2. The van der Waals surface area contributed by atoms with Crippen molar-refractivity contribution in [2.75, 3.05) is 25.9 Å². The van der Waals surface area contributed by atoms with Gasteiger partial charge in [0.25, 0.3) is 0 Å². The molecule has 0 spiro atoms. The van der Waals surface area contributed by atoms with Gasteiger partial charge in [-0.05, 0) is 26.4 Å². The maximum absolute atomic E-state index is 5.62. The average Bonchev–Trinajstić information content (AvgIpc) is 2.61. The zero-order valence-corrected chi connectivity index (χ0v) is 9.98. The fourth-order valence-electron chi connectivity index (χ4n) is 1.82. The van der Waals surface area contributed by atoms with E-state index in [0.29, 0.717) is 11.9 Å². The fourth-order valence-corrected chi connectivity index (χ4v) is 1.82. The van der Waals surface area contributed by atoms with Gasteiger partial charge in [-0.25, -0.2) is 4.98 Å². The molecule has 0 bridgehead atoms. The molecule has 0 amide bonds. The van der Waals surface area contributed by atoms with Crippen LogP contribution in [0.1, 0.15) is 32.7 Å². The van der Waals surface area contributed by atoms with Gasteiger partial charge in [0.05, 0.1) is 6.33 Å². The maximum atomic E-state index is 5.62. The van der Waals surface area contributed by atoms with Crippen LogP contribution < -0.4 is 5.73 Å². The molecular weight excluding hydrogens is 188 g/mol. The number of nitrogens with zero attached hydrogens (tertiary/aromatic N) is 3. The van der Waals surface area contributed by atoms with E-state index in [1.807, 2.05) is 12.5 Å². The molecule has 4 nitrogen and oxygen atoms in total. The first-order chi connectivity index (χ1) is 7.17. The van der Waals surface area contributed by atoms with Crippen LogP contribution in [0.25, 0.3) is 0 Å². The van der Waals surface area contributed by atoms with E-state index in [1.54, 1.807) is 0 Å². The summed E-state index contributed by atoms with van der Waals surface area (Å²) < 4.78 is 2.11. The quantitative estimate of drug-likeness (QED) is 0.778. The molecule has 0 aliphatic carbocycles. The van der Waals surface area contributed by atoms with Crippen LogP contribution in [0.5, 0.6) is 0 Å². The van der Waals surface area contributed by atoms with Crippen molar-refractivity contribution in [2.45, 2.75) is 32.7 Å². The minimum absolute atomic E-state index is 0.478. The molecule has 0 fully saturated rings. The number of rotatable bonds is 6. The highest BCUT2D eigenvalue weighted by molar-refractivity contribution is 5.22. The molecule has 1 rings (SSSR count). The normalized spacial score (nSPS) is 13.3. The minimum atomic E-state index is 0.478. The number of anilines is 1. The monoisotopic (exact) mass is 210 g/mol. The van der Waals surface area contributed by atoms with Crippen molar-refractivity contribution in [1.82, 2.24) is 14.5 Å². The van der Waals surface area contributed by atoms with Crippen molar-refractivity contribution in [3.63, 3.8) is 0 Å². The Labute approximate surface area is 92.1 Å². The summed E-state index contributed by atoms with van der Waals surface area (Å²) >= 11 is 0. The predicted molar refractivity (Wildman–Crippen MR) is 63.8 cm³/mol. The summed E-state index contributed by atoms with van der Waals surface area (Å²) in [5.41, 5.74) is 5.62. The third-order valence-corrected chi connectivity index (χ3v) is 2.64. The zero-order chi connectivity index (χ0) is 11.3. The van der Waals surface area contributed by atoms with Crippen LogP contribution in [0.4, 0.5) is 5.82 Å². The van der Waals surface area contributed by atoms with Gasteiger partial charge < -0.3 is 15.2 Å². The Morgan fingerprint density at radius 1 is 1.53 bits per heavy atom. The third-order valence-electron chi connectivity index (χ3n) is 2.64. The van der Waals surface area contributed by atoms with Crippen molar-refractivity contribution in [2.24, 2.45) is 0 Å². The summed E-state index contributed by atoms with van der Waals surface area (Å²) in [7, 11) is 2.16. The smallest absolute Gasteiger partial charge is 0.141 e. The molecule has 4 heteroatoms. The van der Waals surface area contributed by atoms with E-state index in [2.05, 4.69) is 35.3 Å². The summed E-state index contributed by atoms with van der Waals surface area (Å²) in [6, 6.07) is 0.478. The molecule has 2 N–H and O–H groups in total. The Balaban J connectivity index is 2.56. The van der Waals surface area contributed by atoms with Crippen molar-refractivity contribution in [1.29, 1.82) is 0 Å². The van der Waals surface area contributed by atoms with Crippen molar-refractivity contribution in [3.05, 3.63) is 12.5 Å². The van der Waals surface area contributed by atoms with Gasteiger partial charge in [-0.2, -0.15) is 0 Å². The molecule has 86 valence electrons. The number of likely N-dealkylation sites (N-methyl/N-ethyl adjacent to an activating group) is 1. The second-order valence-electron chi connectivity index (χ2n) is 4.07. The second-order valence-corrected chi connectivity index (χ2v) is 4.07. The average molecular weight is 210 g/mol. The van der Waals surface area contributed by atoms with Crippen LogP contribution in [0.15, 0.2) is 12.5 Å². The lowest BCUT2D eigenvalue weighted by molar-refractivity contribution is 0.271. The molecular formula is C11H22N4. The summed E-state index contributed by atoms with van der Waals surface area (Å²) in [6.07, 6.45) is 6.03. The lowest BCUT2D eigenvalue weighted by Crippen LogP contribution is -2.27. The highest BCUT2D eigenvalue weighted by atomic mass is 15.2. The Morgan fingerprint density at radius 3 is 2.73 bits per heavy atom. The molecule has 0 radical (unpaired) electrons. The number of nitrogens with two attached hydrogens (primary N) is 1. The largest absolute Gasteiger partial charge is 0.382 e. The van der Waals surface area contributed by atoms with Crippen molar-refractivity contribution < 1.29 is 0 Å². The van der Waals surface area contributed by atoms with E-state index in [4.69, 9.17) is 5.73 Å². The van der Waals surface area contributed by atoms with Crippen molar-refractivity contribution >= 4 is 5.82 Å². The number of aromatic nitrogens is 2. The Hall–Kier alpha value is -1.03. The van der Waals surface area contributed by atoms with Gasteiger partial charge in [0.15, 0.2) is 0 Å². The van der Waals surface area contributed by atoms with E-state index < -0.39 is 0 Å². The van der Waals surface area contributed by atoms with Crippen molar-refractivity contribution in [3.8, 4) is 0 Å². The highest BCUT2D eigenvalue weighted by Crippen LogP contribution is 2.13. The molecule has 0 aliphatic rings. The Bertz CT molecular complexity index is 282. The van der Waals surface area contributed by atoms with Crippen LogP contribution in [-0.4, -0.2) is 34.6 Å². The maximum Gasteiger partial charge on any atom is 0.141 e. The van der Waals surface area contributed by atoms with Crippen LogP contribution in [0.2, 0.25) is 0 Å². The van der Waals surface area contributed by atoms with Gasteiger partial charge in [-0.3, -0.25) is 0 Å². The molecule has 0 saturated carbocycles. The molecule has 1 aromatic heterocycles. The molecule has 1 unspecified atom stereocenters. The Morgan fingerprint density at radius 2 is 2.27 bits per heavy atom. The predicted octanol–water partition coefficient (Wildman–Crippen LogP) is 1.76. The molecule has 0 aliphatic heterocycles. The van der Waals surface area contributed by atoms with Crippen LogP contribution in [0.3, 0.4) is 0 Å².